The lowest BCUT2D eigenvalue weighted by atomic mass is 10.2. The summed E-state index contributed by atoms with van der Waals surface area (Å²) < 4.78 is 22.8. The fourth-order valence-corrected chi connectivity index (χ4v) is 1.74. The van der Waals surface area contributed by atoms with E-state index in [9.17, 15) is 9.18 Å². The SMILES string of the molecule is CCC(C)OCCCC(=O)Nc1ccc(OCCCF)cc1. The summed E-state index contributed by atoms with van der Waals surface area (Å²) in [5, 5.41) is 2.83. The Morgan fingerprint density at radius 1 is 1.23 bits per heavy atom. The van der Waals surface area contributed by atoms with Gasteiger partial charge < -0.3 is 14.8 Å². The number of amides is 1. The maximum absolute atomic E-state index is 12.0. The lowest BCUT2D eigenvalue weighted by molar-refractivity contribution is -0.116. The average Bonchev–Trinajstić information content (AvgIpc) is 2.53. The lowest BCUT2D eigenvalue weighted by Crippen LogP contribution is -2.14. The molecule has 0 aliphatic heterocycles. The van der Waals surface area contributed by atoms with Crippen molar-refractivity contribution in [1.82, 2.24) is 0 Å². The van der Waals surface area contributed by atoms with E-state index in [1.54, 1.807) is 24.3 Å². The van der Waals surface area contributed by atoms with Crippen LogP contribution in [0.5, 0.6) is 5.75 Å². The molecule has 1 atom stereocenters. The quantitative estimate of drug-likeness (QED) is 0.629. The number of halogens is 1. The lowest BCUT2D eigenvalue weighted by Gasteiger charge is -2.10. The number of alkyl halides is 1. The Hall–Kier alpha value is -1.62. The molecule has 1 N–H and O–H groups in total. The molecule has 0 bridgehead atoms. The topological polar surface area (TPSA) is 47.6 Å². The summed E-state index contributed by atoms with van der Waals surface area (Å²) in [5.74, 6) is 0.646. The van der Waals surface area contributed by atoms with Crippen molar-refractivity contribution in [2.24, 2.45) is 0 Å². The molecule has 0 aromatic heterocycles. The largest absolute Gasteiger partial charge is 0.493 e. The van der Waals surface area contributed by atoms with Gasteiger partial charge in [-0.3, -0.25) is 9.18 Å². The van der Waals surface area contributed by atoms with E-state index in [1.165, 1.54) is 0 Å². The Kier molecular flexibility index (Phi) is 9.23. The summed E-state index contributed by atoms with van der Waals surface area (Å²) in [5.41, 5.74) is 0.727. The van der Waals surface area contributed by atoms with Crippen LogP contribution in [-0.2, 0) is 9.53 Å². The van der Waals surface area contributed by atoms with E-state index in [4.69, 9.17) is 9.47 Å². The van der Waals surface area contributed by atoms with Gasteiger partial charge in [0.25, 0.3) is 0 Å². The molecule has 0 spiro atoms. The van der Waals surface area contributed by atoms with Crippen molar-refractivity contribution in [3.63, 3.8) is 0 Å². The Bertz CT molecular complexity index is 422. The maximum atomic E-state index is 12.0. The van der Waals surface area contributed by atoms with E-state index in [0.29, 0.717) is 38.2 Å². The smallest absolute Gasteiger partial charge is 0.224 e. The summed E-state index contributed by atoms with van der Waals surface area (Å²) in [6.45, 7) is 4.68. The van der Waals surface area contributed by atoms with Gasteiger partial charge in [0, 0.05) is 25.1 Å². The van der Waals surface area contributed by atoms with Crippen molar-refractivity contribution >= 4 is 11.6 Å². The molecule has 1 unspecified atom stereocenters. The first-order valence-electron chi connectivity index (χ1n) is 7.86. The highest BCUT2D eigenvalue weighted by atomic mass is 19.1. The molecule has 1 aromatic rings. The van der Waals surface area contributed by atoms with Crippen LogP contribution in [0.25, 0.3) is 0 Å². The van der Waals surface area contributed by atoms with Crippen molar-refractivity contribution in [3.8, 4) is 5.75 Å². The predicted molar refractivity (Wildman–Crippen MR) is 86.1 cm³/mol. The molecule has 1 rings (SSSR count). The molecule has 5 heteroatoms. The molecule has 1 amide bonds. The Balaban J connectivity index is 2.23. The number of nitrogens with one attached hydrogen (secondary N) is 1. The highest BCUT2D eigenvalue weighted by Crippen LogP contribution is 2.16. The van der Waals surface area contributed by atoms with Crippen LogP contribution in [0.4, 0.5) is 10.1 Å². The van der Waals surface area contributed by atoms with Gasteiger partial charge in [-0.15, -0.1) is 0 Å². The number of hydrogen-bond donors (Lipinski definition) is 1. The predicted octanol–water partition coefficient (Wildman–Crippen LogP) is 3.96. The Morgan fingerprint density at radius 2 is 1.95 bits per heavy atom. The van der Waals surface area contributed by atoms with Gasteiger partial charge in [0.15, 0.2) is 0 Å². The molecule has 4 nitrogen and oxygen atoms in total. The van der Waals surface area contributed by atoms with Crippen LogP contribution >= 0.6 is 0 Å². The van der Waals surface area contributed by atoms with Gasteiger partial charge in [0.1, 0.15) is 5.75 Å². The normalized spacial score (nSPS) is 12.0. The van der Waals surface area contributed by atoms with Gasteiger partial charge in [-0.05, 0) is 44.0 Å². The summed E-state index contributed by atoms with van der Waals surface area (Å²) in [6.07, 6.45) is 2.75. The first-order valence-corrected chi connectivity index (χ1v) is 7.86. The van der Waals surface area contributed by atoms with Gasteiger partial charge in [-0.25, -0.2) is 0 Å². The Morgan fingerprint density at radius 3 is 2.59 bits per heavy atom. The highest BCUT2D eigenvalue weighted by Gasteiger charge is 2.04. The van der Waals surface area contributed by atoms with Gasteiger partial charge >= 0.3 is 0 Å². The number of benzene rings is 1. The summed E-state index contributed by atoms with van der Waals surface area (Å²) >= 11 is 0. The second-order valence-corrected chi connectivity index (χ2v) is 5.16. The molecule has 0 radical (unpaired) electrons. The summed E-state index contributed by atoms with van der Waals surface area (Å²) in [6, 6.07) is 7.08. The third-order valence-electron chi connectivity index (χ3n) is 3.21. The number of carbonyl (C=O) groups excluding carboxylic acids is 1. The van der Waals surface area contributed by atoms with E-state index in [1.807, 2.05) is 6.92 Å². The van der Waals surface area contributed by atoms with E-state index in [-0.39, 0.29) is 18.7 Å². The van der Waals surface area contributed by atoms with Crippen LogP contribution in [0.15, 0.2) is 24.3 Å². The molecular weight excluding hydrogens is 285 g/mol. The molecule has 0 heterocycles. The number of ether oxygens (including phenoxy) is 2. The summed E-state index contributed by atoms with van der Waals surface area (Å²) in [4.78, 5) is 11.8. The first kappa shape index (κ1) is 18.4. The van der Waals surface area contributed by atoms with Crippen LogP contribution in [0, 0.1) is 0 Å². The van der Waals surface area contributed by atoms with E-state index in [0.717, 1.165) is 12.1 Å². The molecule has 0 fully saturated rings. The van der Waals surface area contributed by atoms with Crippen LogP contribution in [0.3, 0.4) is 0 Å². The second kappa shape index (κ2) is 11.0. The van der Waals surface area contributed by atoms with E-state index in [2.05, 4.69) is 12.2 Å². The third-order valence-corrected chi connectivity index (χ3v) is 3.21. The van der Waals surface area contributed by atoms with Crippen molar-refractivity contribution < 1.29 is 18.7 Å². The molecule has 0 aliphatic rings. The Labute approximate surface area is 132 Å². The zero-order chi connectivity index (χ0) is 16.2. The van der Waals surface area contributed by atoms with Gasteiger partial charge in [-0.2, -0.15) is 0 Å². The van der Waals surface area contributed by atoms with Crippen LogP contribution < -0.4 is 10.1 Å². The van der Waals surface area contributed by atoms with Gasteiger partial charge in [0.05, 0.1) is 19.4 Å². The molecule has 22 heavy (non-hydrogen) atoms. The number of rotatable bonds is 11. The van der Waals surface area contributed by atoms with Crippen molar-refractivity contribution in [2.45, 2.75) is 45.6 Å². The highest BCUT2D eigenvalue weighted by molar-refractivity contribution is 5.90. The van der Waals surface area contributed by atoms with Crippen LogP contribution in [-0.4, -0.2) is 31.9 Å². The molecule has 0 aliphatic carbocycles. The van der Waals surface area contributed by atoms with Crippen LogP contribution in [0.2, 0.25) is 0 Å². The molecule has 0 saturated heterocycles. The fourth-order valence-electron chi connectivity index (χ4n) is 1.74. The minimum atomic E-state index is -0.380. The van der Waals surface area contributed by atoms with E-state index < -0.39 is 0 Å². The third kappa shape index (κ3) is 7.98. The van der Waals surface area contributed by atoms with Gasteiger partial charge in [-0.1, -0.05) is 6.92 Å². The zero-order valence-electron chi connectivity index (χ0n) is 13.4. The monoisotopic (exact) mass is 311 g/mol. The standard InChI is InChI=1S/C17H26FNO3/c1-3-14(2)21-12-4-6-17(20)19-15-7-9-16(10-8-15)22-13-5-11-18/h7-10,14H,3-6,11-13H2,1-2H3,(H,19,20). The fraction of sp³-hybridized carbons (Fsp3) is 0.588. The van der Waals surface area contributed by atoms with Crippen molar-refractivity contribution in [3.05, 3.63) is 24.3 Å². The average molecular weight is 311 g/mol. The second-order valence-electron chi connectivity index (χ2n) is 5.16. The molecule has 1 aromatic carbocycles. The van der Waals surface area contributed by atoms with E-state index >= 15 is 0 Å². The van der Waals surface area contributed by atoms with Gasteiger partial charge in [0.2, 0.25) is 5.91 Å². The molecule has 0 saturated carbocycles. The van der Waals surface area contributed by atoms with Crippen molar-refractivity contribution in [1.29, 1.82) is 0 Å². The minimum absolute atomic E-state index is 0.0288. The maximum Gasteiger partial charge on any atom is 0.224 e. The molecular formula is C17H26FNO3. The van der Waals surface area contributed by atoms with Crippen molar-refractivity contribution in [2.75, 3.05) is 25.2 Å². The summed E-state index contributed by atoms with van der Waals surface area (Å²) in [7, 11) is 0. The van der Waals surface area contributed by atoms with Crippen LogP contribution in [0.1, 0.15) is 39.5 Å². The number of carbonyl (C=O) groups is 1. The molecule has 124 valence electrons. The zero-order valence-corrected chi connectivity index (χ0v) is 13.4. The number of anilines is 1. The number of hydrogen-bond acceptors (Lipinski definition) is 3. The first-order chi connectivity index (χ1) is 10.7. The minimum Gasteiger partial charge on any atom is -0.493 e.